The molecule has 0 atom stereocenters. The fraction of sp³-hybridized carbons (Fsp3) is 0.200. The van der Waals surface area contributed by atoms with Crippen LogP contribution in [0.3, 0.4) is 0 Å². The van der Waals surface area contributed by atoms with Crippen LogP contribution in [0.2, 0.25) is 0 Å². The molecule has 0 spiro atoms. The monoisotopic (exact) mass is 301 g/mol. The Kier molecular flexibility index (Phi) is 3.46. The molecular formula is C10H9BrClN3O. The van der Waals surface area contributed by atoms with Gasteiger partial charge in [0.05, 0.1) is 30.6 Å². The third kappa shape index (κ3) is 2.20. The second kappa shape index (κ2) is 4.84. The first-order valence-electron chi connectivity index (χ1n) is 4.55. The topological polar surface area (TPSA) is 39.9 Å². The van der Waals surface area contributed by atoms with Gasteiger partial charge >= 0.3 is 0 Å². The Labute approximate surface area is 106 Å². The molecule has 0 saturated carbocycles. The molecule has 0 N–H and O–H groups in total. The standard InChI is InChI=1S/C10H9BrClN3O/c1-16-8-2-3-9(11)10(4-8)15-6-7(5-12)13-14-15/h2-4,6H,5H2,1H3. The smallest absolute Gasteiger partial charge is 0.121 e. The molecule has 84 valence electrons. The molecule has 0 unspecified atom stereocenters. The maximum Gasteiger partial charge on any atom is 0.121 e. The van der Waals surface area contributed by atoms with Crippen LogP contribution in [0.1, 0.15) is 5.69 Å². The molecule has 2 aromatic rings. The van der Waals surface area contributed by atoms with Crippen LogP contribution < -0.4 is 4.74 Å². The molecule has 0 saturated heterocycles. The average molecular weight is 303 g/mol. The third-order valence-electron chi connectivity index (χ3n) is 2.08. The van der Waals surface area contributed by atoms with Crippen LogP contribution in [0.4, 0.5) is 0 Å². The van der Waals surface area contributed by atoms with Gasteiger partial charge in [0, 0.05) is 10.5 Å². The highest BCUT2D eigenvalue weighted by atomic mass is 79.9. The largest absolute Gasteiger partial charge is 0.497 e. The van der Waals surface area contributed by atoms with Gasteiger partial charge < -0.3 is 4.74 Å². The van der Waals surface area contributed by atoms with E-state index in [0.717, 1.165) is 21.6 Å². The van der Waals surface area contributed by atoms with Crippen LogP contribution in [0.15, 0.2) is 28.9 Å². The molecule has 16 heavy (non-hydrogen) atoms. The van der Waals surface area contributed by atoms with Crippen molar-refractivity contribution in [2.24, 2.45) is 0 Å². The van der Waals surface area contributed by atoms with Gasteiger partial charge in [0.15, 0.2) is 0 Å². The highest BCUT2D eigenvalue weighted by Crippen LogP contribution is 2.25. The Morgan fingerprint density at radius 3 is 2.94 bits per heavy atom. The van der Waals surface area contributed by atoms with Gasteiger partial charge in [0.25, 0.3) is 0 Å². The van der Waals surface area contributed by atoms with E-state index in [1.807, 2.05) is 18.2 Å². The van der Waals surface area contributed by atoms with E-state index in [1.54, 1.807) is 18.0 Å². The lowest BCUT2D eigenvalue weighted by Crippen LogP contribution is -1.97. The maximum absolute atomic E-state index is 5.67. The number of hydrogen-bond acceptors (Lipinski definition) is 3. The summed E-state index contributed by atoms with van der Waals surface area (Å²) in [5, 5.41) is 7.92. The normalized spacial score (nSPS) is 10.4. The van der Waals surface area contributed by atoms with Crippen LogP contribution >= 0.6 is 27.5 Å². The lowest BCUT2D eigenvalue weighted by molar-refractivity contribution is 0.414. The molecule has 1 heterocycles. The Morgan fingerprint density at radius 1 is 1.50 bits per heavy atom. The molecule has 0 aliphatic rings. The summed E-state index contributed by atoms with van der Waals surface area (Å²) in [5.41, 5.74) is 1.60. The summed E-state index contributed by atoms with van der Waals surface area (Å²) in [7, 11) is 1.62. The zero-order valence-corrected chi connectivity index (χ0v) is 10.9. The highest BCUT2D eigenvalue weighted by Gasteiger charge is 2.07. The van der Waals surface area contributed by atoms with Crippen LogP contribution in [-0.4, -0.2) is 22.1 Å². The van der Waals surface area contributed by atoms with E-state index < -0.39 is 0 Å². The zero-order valence-electron chi connectivity index (χ0n) is 8.52. The van der Waals surface area contributed by atoms with E-state index in [0.29, 0.717) is 5.88 Å². The van der Waals surface area contributed by atoms with Crippen molar-refractivity contribution in [2.45, 2.75) is 5.88 Å². The summed E-state index contributed by atoms with van der Waals surface area (Å²) >= 11 is 9.12. The summed E-state index contributed by atoms with van der Waals surface area (Å²) in [5.74, 6) is 1.11. The van der Waals surface area contributed by atoms with Crippen LogP contribution in [0.5, 0.6) is 5.75 Å². The number of nitrogens with zero attached hydrogens (tertiary/aromatic N) is 3. The van der Waals surface area contributed by atoms with Gasteiger partial charge in [-0.3, -0.25) is 0 Å². The molecule has 1 aromatic carbocycles. The lowest BCUT2D eigenvalue weighted by Gasteiger charge is -2.06. The second-order valence-corrected chi connectivity index (χ2v) is 4.23. The summed E-state index contributed by atoms with van der Waals surface area (Å²) in [6, 6.07) is 5.64. The van der Waals surface area contributed by atoms with Gasteiger partial charge in [-0.05, 0) is 28.1 Å². The lowest BCUT2D eigenvalue weighted by atomic mass is 10.3. The number of hydrogen-bond donors (Lipinski definition) is 0. The van der Waals surface area contributed by atoms with Gasteiger partial charge in [-0.1, -0.05) is 5.21 Å². The van der Waals surface area contributed by atoms with Crippen molar-refractivity contribution in [1.29, 1.82) is 0 Å². The Balaban J connectivity index is 2.45. The van der Waals surface area contributed by atoms with Crippen LogP contribution in [-0.2, 0) is 5.88 Å². The summed E-state index contributed by atoms with van der Waals surface area (Å²) < 4.78 is 7.73. The van der Waals surface area contributed by atoms with Crippen molar-refractivity contribution >= 4 is 27.5 Å². The molecule has 0 aliphatic heterocycles. The number of alkyl halides is 1. The predicted octanol–water partition coefficient (Wildman–Crippen LogP) is 2.78. The van der Waals surface area contributed by atoms with E-state index in [4.69, 9.17) is 16.3 Å². The van der Waals surface area contributed by atoms with Crippen molar-refractivity contribution < 1.29 is 4.74 Å². The number of aromatic nitrogens is 3. The Hall–Kier alpha value is -1.07. The SMILES string of the molecule is COc1ccc(Br)c(-n2cc(CCl)nn2)c1. The predicted molar refractivity (Wildman–Crippen MR) is 65.2 cm³/mol. The van der Waals surface area contributed by atoms with Gasteiger partial charge in [-0.2, -0.15) is 0 Å². The first kappa shape index (κ1) is 11.4. The molecule has 1 aromatic heterocycles. The molecule has 4 nitrogen and oxygen atoms in total. The maximum atomic E-state index is 5.67. The highest BCUT2D eigenvalue weighted by molar-refractivity contribution is 9.10. The summed E-state index contributed by atoms with van der Waals surface area (Å²) in [6.07, 6.45) is 1.78. The molecule has 0 radical (unpaired) electrons. The van der Waals surface area contributed by atoms with Crippen LogP contribution in [0.25, 0.3) is 5.69 Å². The van der Waals surface area contributed by atoms with Crippen molar-refractivity contribution in [1.82, 2.24) is 15.0 Å². The molecule has 0 amide bonds. The van der Waals surface area contributed by atoms with E-state index in [1.165, 1.54) is 0 Å². The van der Waals surface area contributed by atoms with Crippen molar-refractivity contribution in [3.63, 3.8) is 0 Å². The van der Waals surface area contributed by atoms with E-state index in [-0.39, 0.29) is 0 Å². The number of benzene rings is 1. The minimum atomic E-state index is 0.349. The average Bonchev–Trinajstić information content (AvgIpc) is 2.78. The van der Waals surface area contributed by atoms with E-state index in [2.05, 4.69) is 26.2 Å². The fourth-order valence-corrected chi connectivity index (χ4v) is 1.82. The van der Waals surface area contributed by atoms with Gasteiger partial charge in [-0.25, -0.2) is 4.68 Å². The third-order valence-corrected chi connectivity index (χ3v) is 3.02. The summed E-state index contributed by atoms with van der Waals surface area (Å²) in [4.78, 5) is 0. The van der Waals surface area contributed by atoms with E-state index >= 15 is 0 Å². The first-order valence-corrected chi connectivity index (χ1v) is 5.88. The van der Waals surface area contributed by atoms with Crippen molar-refractivity contribution in [2.75, 3.05) is 7.11 Å². The second-order valence-electron chi connectivity index (χ2n) is 3.11. The fourth-order valence-electron chi connectivity index (χ4n) is 1.27. The molecule has 2 rings (SSSR count). The quantitative estimate of drug-likeness (QED) is 0.819. The Bertz CT molecular complexity index is 501. The molecule has 0 bridgehead atoms. The Morgan fingerprint density at radius 2 is 2.31 bits per heavy atom. The molecule has 0 aliphatic carbocycles. The first-order chi connectivity index (χ1) is 7.74. The number of rotatable bonds is 3. The van der Waals surface area contributed by atoms with Gasteiger partial charge in [-0.15, -0.1) is 16.7 Å². The van der Waals surface area contributed by atoms with E-state index in [9.17, 15) is 0 Å². The molecule has 0 fully saturated rings. The van der Waals surface area contributed by atoms with Gasteiger partial charge in [0.1, 0.15) is 5.75 Å². The number of methoxy groups -OCH3 is 1. The number of ether oxygens (including phenoxy) is 1. The van der Waals surface area contributed by atoms with Gasteiger partial charge in [0.2, 0.25) is 0 Å². The molecule has 6 heteroatoms. The zero-order chi connectivity index (χ0) is 11.5. The van der Waals surface area contributed by atoms with Crippen molar-refractivity contribution in [3.8, 4) is 11.4 Å². The van der Waals surface area contributed by atoms with Crippen LogP contribution in [0, 0.1) is 0 Å². The minimum Gasteiger partial charge on any atom is -0.497 e. The molecular weight excluding hydrogens is 293 g/mol. The summed E-state index contributed by atoms with van der Waals surface area (Å²) in [6.45, 7) is 0. The number of halogens is 2. The minimum absolute atomic E-state index is 0.349. The van der Waals surface area contributed by atoms with Crippen molar-refractivity contribution in [3.05, 3.63) is 34.6 Å².